The minimum Gasteiger partial charge on any atom is -0.481 e. The van der Waals surface area contributed by atoms with E-state index in [1.807, 2.05) is 20.8 Å². The maximum Gasteiger partial charge on any atom is 0.309 e. The third-order valence-corrected chi connectivity index (χ3v) is 5.13. The SMILES string of the molecule is CC(C)(C)N1CC[C@@H](NC(=O)c2cc(-c3ccc(F)cc3F)on2)[C@H](C(=O)O)C1. The van der Waals surface area contributed by atoms with Crippen molar-refractivity contribution in [1.82, 2.24) is 15.4 Å². The van der Waals surface area contributed by atoms with E-state index < -0.39 is 35.5 Å². The molecule has 9 heteroatoms. The number of aliphatic carboxylic acids is 1. The number of halogens is 2. The van der Waals surface area contributed by atoms with Gasteiger partial charge in [-0.2, -0.15) is 0 Å². The van der Waals surface area contributed by atoms with Crippen molar-refractivity contribution in [3.8, 4) is 11.3 Å². The summed E-state index contributed by atoms with van der Waals surface area (Å²) in [4.78, 5) is 26.3. The molecule has 2 heterocycles. The van der Waals surface area contributed by atoms with Gasteiger partial charge in [-0.25, -0.2) is 8.78 Å². The Balaban J connectivity index is 1.73. The van der Waals surface area contributed by atoms with Gasteiger partial charge in [0, 0.05) is 36.8 Å². The van der Waals surface area contributed by atoms with Gasteiger partial charge < -0.3 is 14.9 Å². The van der Waals surface area contributed by atoms with Crippen LogP contribution in [-0.2, 0) is 4.79 Å². The van der Waals surface area contributed by atoms with Gasteiger partial charge >= 0.3 is 5.97 Å². The Hall–Kier alpha value is -2.81. The zero-order valence-corrected chi connectivity index (χ0v) is 16.4. The van der Waals surface area contributed by atoms with Crippen molar-refractivity contribution in [2.45, 2.75) is 38.8 Å². The molecule has 3 rings (SSSR count). The van der Waals surface area contributed by atoms with Crippen molar-refractivity contribution < 1.29 is 28.0 Å². The normalized spacial score (nSPS) is 20.4. The summed E-state index contributed by atoms with van der Waals surface area (Å²) < 4.78 is 32.0. The van der Waals surface area contributed by atoms with Gasteiger partial charge in [0.2, 0.25) is 0 Å². The van der Waals surface area contributed by atoms with Gasteiger partial charge in [-0.15, -0.1) is 0 Å². The van der Waals surface area contributed by atoms with Crippen molar-refractivity contribution in [1.29, 1.82) is 0 Å². The van der Waals surface area contributed by atoms with Gasteiger partial charge in [0.05, 0.1) is 11.5 Å². The number of nitrogens with one attached hydrogen (secondary N) is 1. The number of hydrogen-bond acceptors (Lipinski definition) is 5. The number of hydrogen-bond donors (Lipinski definition) is 2. The fraction of sp³-hybridized carbons (Fsp3) is 0.450. The molecule has 0 spiro atoms. The quantitative estimate of drug-likeness (QED) is 0.809. The minimum absolute atomic E-state index is 0.0232. The molecule has 0 saturated carbocycles. The second-order valence-corrected chi connectivity index (χ2v) is 8.13. The average molecular weight is 407 g/mol. The summed E-state index contributed by atoms with van der Waals surface area (Å²) in [5.41, 5.74) is -0.311. The number of carbonyl (C=O) groups excluding carboxylic acids is 1. The van der Waals surface area contributed by atoms with Gasteiger partial charge in [0.15, 0.2) is 11.5 Å². The highest BCUT2D eigenvalue weighted by atomic mass is 19.1. The van der Waals surface area contributed by atoms with E-state index in [0.29, 0.717) is 25.6 Å². The van der Waals surface area contributed by atoms with E-state index in [1.54, 1.807) is 0 Å². The highest BCUT2D eigenvalue weighted by Crippen LogP contribution is 2.26. The second-order valence-electron chi connectivity index (χ2n) is 8.13. The Labute approximate surface area is 166 Å². The van der Waals surface area contributed by atoms with Gasteiger partial charge in [-0.1, -0.05) is 5.16 Å². The Morgan fingerprint density at radius 3 is 2.62 bits per heavy atom. The Bertz CT molecular complexity index is 923. The molecule has 1 saturated heterocycles. The summed E-state index contributed by atoms with van der Waals surface area (Å²) in [7, 11) is 0. The molecule has 2 N–H and O–H groups in total. The molecule has 1 aliphatic rings. The molecule has 0 aliphatic carbocycles. The number of rotatable bonds is 4. The summed E-state index contributed by atoms with van der Waals surface area (Å²) in [6, 6.07) is 3.64. The number of nitrogens with zero attached hydrogens (tertiary/aromatic N) is 2. The van der Waals surface area contributed by atoms with E-state index in [9.17, 15) is 23.5 Å². The lowest BCUT2D eigenvalue weighted by molar-refractivity contribution is -0.145. The molecule has 7 nitrogen and oxygen atoms in total. The van der Waals surface area contributed by atoms with E-state index in [0.717, 1.165) is 6.07 Å². The lowest BCUT2D eigenvalue weighted by atomic mass is 9.89. The molecular formula is C20H23F2N3O4. The first kappa shape index (κ1) is 20.9. The van der Waals surface area contributed by atoms with Gasteiger partial charge in [0.1, 0.15) is 11.6 Å². The first-order valence-corrected chi connectivity index (χ1v) is 9.27. The minimum atomic E-state index is -0.988. The Kier molecular flexibility index (Phi) is 5.70. The molecule has 0 unspecified atom stereocenters. The molecule has 0 bridgehead atoms. The van der Waals surface area contributed by atoms with Gasteiger partial charge in [-0.3, -0.25) is 14.5 Å². The summed E-state index contributed by atoms with van der Waals surface area (Å²) in [6.07, 6.45) is 0.470. The summed E-state index contributed by atoms with van der Waals surface area (Å²) >= 11 is 0. The average Bonchev–Trinajstić information content (AvgIpc) is 3.10. The molecule has 2 atom stereocenters. The number of carboxylic acids is 1. The number of carboxylic acid groups (broad SMARTS) is 1. The Morgan fingerprint density at radius 2 is 2.00 bits per heavy atom. The van der Waals surface area contributed by atoms with Crippen LogP contribution in [0.25, 0.3) is 11.3 Å². The standard InChI is InChI=1S/C20H23F2N3O4/c1-20(2,3)25-7-6-15(13(10-25)19(27)28)23-18(26)16-9-17(29-24-16)12-5-4-11(21)8-14(12)22/h4-5,8-9,13,15H,6-7,10H2,1-3H3,(H,23,26)(H,27,28)/t13-,15-/m1/s1. The van der Waals surface area contributed by atoms with E-state index in [4.69, 9.17) is 4.52 Å². The largest absolute Gasteiger partial charge is 0.481 e. The highest BCUT2D eigenvalue weighted by molar-refractivity contribution is 5.93. The smallest absolute Gasteiger partial charge is 0.309 e. The van der Waals surface area contributed by atoms with E-state index >= 15 is 0 Å². The number of benzene rings is 1. The number of amides is 1. The van der Waals surface area contributed by atoms with Crippen molar-refractivity contribution in [2.24, 2.45) is 5.92 Å². The molecule has 1 aliphatic heterocycles. The first-order chi connectivity index (χ1) is 13.6. The lowest BCUT2D eigenvalue weighted by Crippen LogP contribution is -2.57. The predicted octanol–water partition coefficient (Wildman–Crippen LogP) is 2.92. The van der Waals surface area contributed by atoms with Crippen LogP contribution in [0.3, 0.4) is 0 Å². The van der Waals surface area contributed by atoms with Crippen LogP contribution in [-0.4, -0.2) is 51.7 Å². The highest BCUT2D eigenvalue weighted by Gasteiger charge is 2.38. The van der Waals surface area contributed by atoms with Crippen molar-refractivity contribution >= 4 is 11.9 Å². The van der Waals surface area contributed by atoms with Crippen LogP contribution in [0.4, 0.5) is 8.78 Å². The first-order valence-electron chi connectivity index (χ1n) is 9.27. The molecule has 2 aromatic rings. The summed E-state index contributed by atoms with van der Waals surface area (Å²) in [6.45, 7) is 6.99. The van der Waals surface area contributed by atoms with Crippen molar-refractivity contribution in [3.05, 3.63) is 41.6 Å². The van der Waals surface area contributed by atoms with Crippen LogP contribution in [0.2, 0.25) is 0 Å². The van der Waals surface area contributed by atoms with Gasteiger partial charge in [0.25, 0.3) is 5.91 Å². The fourth-order valence-corrected chi connectivity index (χ4v) is 3.43. The summed E-state index contributed by atoms with van der Waals surface area (Å²) in [5, 5.41) is 15.9. The summed E-state index contributed by atoms with van der Waals surface area (Å²) in [5.74, 6) is -3.96. The molecule has 1 aromatic heterocycles. The fourth-order valence-electron chi connectivity index (χ4n) is 3.43. The van der Waals surface area contributed by atoms with Crippen LogP contribution in [0.5, 0.6) is 0 Å². The monoisotopic (exact) mass is 407 g/mol. The number of aromatic nitrogens is 1. The molecule has 1 aromatic carbocycles. The molecule has 1 amide bonds. The van der Waals surface area contributed by atoms with Crippen LogP contribution in [0.1, 0.15) is 37.7 Å². The third kappa shape index (κ3) is 4.61. The van der Waals surface area contributed by atoms with Crippen LogP contribution >= 0.6 is 0 Å². The Morgan fingerprint density at radius 1 is 1.28 bits per heavy atom. The lowest BCUT2D eigenvalue weighted by Gasteiger charge is -2.43. The number of piperidine rings is 1. The zero-order valence-electron chi connectivity index (χ0n) is 16.4. The van der Waals surface area contributed by atoms with Crippen LogP contribution < -0.4 is 5.32 Å². The molecule has 1 fully saturated rings. The second kappa shape index (κ2) is 7.90. The maximum atomic E-state index is 13.9. The van der Waals surface area contributed by atoms with E-state index in [-0.39, 0.29) is 22.6 Å². The topological polar surface area (TPSA) is 95.7 Å². The maximum absolute atomic E-state index is 13.9. The molecule has 156 valence electrons. The van der Waals surface area contributed by atoms with E-state index in [2.05, 4.69) is 15.4 Å². The van der Waals surface area contributed by atoms with Crippen LogP contribution in [0.15, 0.2) is 28.8 Å². The van der Waals surface area contributed by atoms with Crippen molar-refractivity contribution in [3.63, 3.8) is 0 Å². The van der Waals surface area contributed by atoms with Gasteiger partial charge in [-0.05, 0) is 39.3 Å². The molecule has 0 radical (unpaired) electrons. The molecule has 29 heavy (non-hydrogen) atoms. The predicted molar refractivity (Wildman–Crippen MR) is 100 cm³/mol. The third-order valence-electron chi connectivity index (χ3n) is 5.13. The van der Waals surface area contributed by atoms with E-state index in [1.165, 1.54) is 12.1 Å². The zero-order chi connectivity index (χ0) is 21.3. The van der Waals surface area contributed by atoms with Crippen molar-refractivity contribution in [2.75, 3.05) is 13.1 Å². The number of likely N-dealkylation sites (tertiary alicyclic amines) is 1. The number of carbonyl (C=O) groups is 2. The molecular weight excluding hydrogens is 384 g/mol. The van der Waals surface area contributed by atoms with Crippen LogP contribution in [0, 0.1) is 17.6 Å².